The number of carbonyl (C=O) groups excluding carboxylic acids is 1. The summed E-state index contributed by atoms with van der Waals surface area (Å²) < 4.78 is 0. The highest BCUT2D eigenvalue weighted by Crippen LogP contribution is 2.23. The third kappa shape index (κ3) is 3.09. The number of aryl methyl sites for hydroxylation is 1. The Morgan fingerprint density at radius 2 is 2.19 bits per heavy atom. The van der Waals surface area contributed by atoms with E-state index in [0.29, 0.717) is 11.6 Å². The maximum absolute atomic E-state index is 11.3. The normalized spacial score (nSPS) is 12.3. The van der Waals surface area contributed by atoms with Gasteiger partial charge in [-0.05, 0) is 20.3 Å². The summed E-state index contributed by atoms with van der Waals surface area (Å²) in [7, 11) is 0. The van der Waals surface area contributed by atoms with Crippen molar-refractivity contribution in [3.8, 4) is 0 Å². The molecule has 0 aromatic carbocycles. The summed E-state index contributed by atoms with van der Waals surface area (Å²) in [5, 5.41) is 2.82. The summed E-state index contributed by atoms with van der Waals surface area (Å²) in [6.45, 7) is 5.76. The van der Waals surface area contributed by atoms with Gasteiger partial charge in [0, 0.05) is 6.04 Å². The van der Waals surface area contributed by atoms with Crippen LogP contribution in [-0.2, 0) is 0 Å². The lowest BCUT2D eigenvalue weighted by molar-refractivity contribution is 0.109. The van der Waals surface area contributed by atoms with E-state index < -0.39 is 5.12 Å². The topological polar surface area (TPSA) is 54.9 Å². The molecule has 1 aromatic rings. The van der Waals surface area contributed by atoms with Crippen molar-refractivity contribution in [1.82, 2.24) is 9.97 Å². The van der Waals surface area contributed by atoms with Gasteiger partial charge in [-0.25, -0.2) is 9.97 Å². The van der Waals surface area contributed by atoms with Gasteiger partial charge in [-0.15, -0.1) is 12.6 Å². The minimum Gasteiger partial charge on any atom is -0.367 e. The fourth-order valence-electron chi connectivity index (χ4n) is 1.17. The number of carbonyl (C=O) groups is 1. The van der Waals surface area contributed by atoms with E-state index in [9.17, 15) is 4.79 Å². The van der Waals surface area contributed by atoms with Crippen molar-refractivity contribution in [2.75, 3.05) is 5.32 Å². The molecule has 0 spiro atoms. The molecule has 0 aliphatic rings. The van der Waals surface area contributed by atoms with Crippen molar-refractivity contribution in [2.45, 2.75) is 33.2 Å². The summed E-state index contributed by atoms with van der Waals surface area (Å²) >= 11 is 9.67. The number of aromatic nitrogens is 2. The van der Waals surface area contributed by atoms with Crippen molar-refractivity contribution >= 4 is 35.2 Å². The van der Waals surface area contributed by atoms with Crippen LogP contribution in [-0.4, -0.2) is 21.1 Å². The van der Waals surface area contributed by atoms with Crippen molar-refractivity contribution < 1.29 is 4.79 Å². The molecule has 0 fully saturated rings. The third-order valence-corrected chi connectivity index (χ3v) is 2.68. The first-order chi connectivity index (χ1) is 7.45. The van der Waals surface area contributed by atoms with Gasteiger partial charge >= 0.3 is 0 Å². The second-order valence-electron chi connectivity index (χ2n) is 3.54. The molecule has 0 bridgehead atoms. The number of rotatable bonds is 4. The lowest BCUT2D eigenvalue weighted by Crippen LogP contribution is -2.18. The van der Waals surface area contributed by atoms with Crippen LogP contribution in [0.5, 0.6) is 0 Å². The Kier molecular flexibility index (Phi) is 4.56. The Morgan fingerprint density at radius 1 is 1.56 bits per heavy atom. The van der Waals surface area contributed by atoms with Gasteiger partial charge in [0.1, 0.15) is 22.4 Å². The number of nitrogens with zero attached hydrogens (tertiary/aromatic N) is 2. The van der Waals surface area contributed by atoms with Gasteiger partial charge in [-0.3, -0.25) is 4.79 Å². The van der Waals surface area contributed by atoms with Crippen LogP contribution in [0, 0.1) is 6.92 Å². The fraction of sp³-hybridized carbons (Fsp3) is 0.500. The SMILES string of the molecule is CCC(C)Nc1nc(C)nc(Cl)c1C(=O)S. The first-order valence-corrected chi connectivity index (χ1v) is 5.82. The zero-order valence-electron chi connectivity index (χ0n) is 9.41. The highest BCUT2D eigenvalue weighted by atomic mass is 35.5. The van der Waals surface area contributed by atoms with Crippen molar-refractivity contribution in [3.05, 3.63) is 16.5 Å². The number of hydrogen-bond donors (Lipinski definition) is 2. The van der Waals surface area contributed by atoms with E-state index in [1.165, 1.54) is 0 Å². The van der Waals surface area contributed by atoms with Crippen molar-refractivity contribution in [1.29, 1.82) is 0 Å². The minimum atomic E-state index is -0.434. The molecular formula is C10H14ClN3OS. The Hall–Kier alpha value is -0.810. The van der Waals surface area contributed by atoms with E-state index in [0.717, 1.165) is 6.42 Å². The molecule has 88 valence electrons. The largest absolute Gasteiger partial charge is 0.367 e. The molecule has 16 heavy (non-hydrogen) atoms. The lowest BCUT2D eigenvalue weighted by Gasteiger charge is -2.15. The van der Waals surface area contributed by atoms with Crippen molar-refractivity contribution in [3.63, 3.8) is 0 Å². The highest BCUT2D eigenvalue weighted by Gasteiger charge is 2.17. The zero-order valence-corrected chi connectivity index (χ0v) is 11.1. The van der Waals surface area contributed by atoms with Gasteiger partial charge in [0.25, 0.3) is 0 Å². The molecule has 1 unspecified atom stereocenters. The summed E-state index contributed by atoms with van der Waals surface area (Å²) in [6.07, 6.45) is 0.918. The number of hydrogen-bond acceptors (Lipinski definition) is 4. The van der Waals surface area contributed by atoms with Crippen LogP contribution in [0.3, 0.4) is 0 Å². The van der Waals surface area contributed by atoms with Crippen LogP contribution in [0.25, 0.3) is 0 Å². The predicted octanol–water partition coefficient (Wildman–Crippen LogP) is 2.72. The monoisotopic (exact) mass is 259 g/mol. The molecule has 0 aliphatic heterocycles. The first kappa shape index (κ1) is 13.3. The van der Waals surface area contributed by atoms with E-state index in [-0.39, 0.29) is 16.8 Å². The average Bonchev–Trinajstić information content (AvgIpc) is 2.15. The van der Waals surface area contributed by atoms with Crippen LogP contribution in [0.1, 0.15) is 36.5 Å². The van der Waals surface area contributed by atoms with Gasteiger partial charge in [-0.1, -0.05) is 18.5 Å². The molecule has 0 radical (unpaired) electrons. The van der Waals surface area contributed by atoms with Gasteiger partial charge in [-0.2, -0.15) is 0 Å². The highest BCUT2D eigenvalue weighted by molar-refractivity contribution is 7.97. The number of thiol groups is 1. The molecule has 0 saturated heterocycles. The van der Waals surface area contributed by atoms with E-state index in [2.05, 4.69) is 27.9 Å². The average molecular weight is 260 g/mol. The van der Waals surface area contributed by atoms with Gasteiger partial charge in [0.2, 0.25) is 5.12 Å². The van der Waals surface area contributed by atoms with Crippen LogP contribution in [0.15, 0.2) is 0 Å². The minimum absolute atomic E-state index is 0.137. The number of anilines is 1. The number of nitrogens with one attached hydrogen (secondary N) is 1. The van der Waals surface area contributed by atoms with Crippen molar-refractivity contribution in [2.24, 2.45) is 0 Å². The standard InChI is InChI=1S/C10H14ClN3OS/c1-4-5(2)12-9-7(10(15)16)8(11)13-6(3)14-9/h5H,4H2,1-3H3,(H,15,16)(H,12,13,14). The Bertz CT molecular complexity index is 411. The summed E-state index contributed by atoms with van der Waals surface area (Å²) in [6, 6.07) is 0.205. The van der Waals surface area contributed by atoms with Gasteiger partial charge in [0.15, 0.2) is 0 Å². The molecule has 1 aromatic heterocycles. The van der Waals surface area contributed by atoms with E-state index in [4.69, 9.17) is 11.6 Å². The lowest BCUT2D eigenvalue weighted by atomic mass is 10.2. The summed E-state index contributed by atoms with van der Waals surface area (Å²) in [5.41, 5.74) is 0.232. The van der Waals surface area contributed by atoms with Gasteiger partial charge in [0.05, 0.1) is 0 Å². The van der Waals surface area contributed by atoms with Gasteiger partial charge < -0.3 is 5.32 Å². The molecule has 0 saturated carbocycles. The zero-order chi connectivity index (χ0) is 12.3. The molecule has 0 amide bonds. The van der Waals surface area contributed by atoms with Crippen LogP contribution in [0.4, 0.5) is 5.82 Å². The molecule has 0 aliphatic carbocycles. The van der Waals surface area contributed by atoms with Crippen LogP contribution >= 0.6 is 24.2 Å². The summed E-state index contributed by atoms with van der Waals surface area (Å²) in [5.74, 6) is 0.973. The van der Waals surface area contributed by atoms with E-state index in [1.54, 1.807) is 6.92 Å². The molecule has 1 atom stereocenters. The molecule has 1 rings (SSSR count). The smallest absolute Gasteiger partial charge is 0.223 e. The molecule has 1 N–H and O–H groups in total. The van der Waals surface area contributed by atoms with E-state index >= 15 is 0 Å². The molecule has 1 heterocycles. The first-order valence-electron chi connectivity index (χ1n) is 4.99. The second-order valence-corrected chi connectivity index (χ2v) is 4.31. The summed E-state index contributed by atoms with van der Waals surface area (Å²) in [4.78, 5) is 19.4. The molecule has 6 heteroatoms. The second kappa shape index (κ2) is 5.50. The Balaban J connectivity index is 3.19. The maximum atomic E-state index is 11.3. The third-order valence-electron chi connectivity index (χ3n) is 2.19. The molecular weight excluding hydrogens is 246 g/mol. The maximum Gasteiger partial charge on any atom is 0.223 e. The van der Waals surface area contributed by atoms with Crippen LogP contribution < -0.4 is 5.32 Å². The predicted molar refractivity (Wildman–Crippen MR) is 68.5 cm³/mol. The quantitative estimate of drug-likeness (QED) is 0.645. The Morgan fingerprint density at radius 3 is 2.69 bits per heavy atom. The van der Waals surface area contributed by atoms with Crippen LogP contribution in [0.2, 0.25) is 5.15 Å². The molecule has 4 nitrogen and oxygen atoms in total. The fourth-order valence-corrected chi connectivity index (χ4v) is 1.74. The van der Waals surface area contributed by atoms with E-state index in [1.807, 2.05) is 13.8 Å². The Labute approximate surface area is 105 Å². The number of halogens is 1.